The lowest BCUT2D eigenvalue weighted by Gasteiger charge is -2.51. The van der Waals surface area contributed by atoms with Crippen molar-refractivity contribution in [1.29, 1.82) is 0 Å². The number of nitrogens with zero attached hydrogens (tertiary/aromatic N) is 3. The number of fused-ring (bicyclic) bond motifs is 1. The largest absolute Gasteiger partial charge is 0.329 e. The van der Waals surface area contributed by atoms with Gasteiger partial charge in [0.15, 0.2) is 5.82 Å². The predicted octanol–water partition coefficient (Wildman–Crippen LogP) is 2.47. The van der Waals surface area contributed by atoms with Crippen LogP contribution in [-0.2, 0) is 4.79 Å². The van der Waals surface area contributed by atoms with E-state index in [-0.39, 0.29) is 30.6 Å². The summed E-state index contributed by atoms with van der Waals surface area (Å²) in [4.78, 5) is 27.6. The molecule has 6 rings (SSSR count). The number of amides is 3. The van der Waals surface area contributed by atoms with Crippen LogP contribution in [0.25, 0.3) is 10.9 Å². The van der Waals surface area contributed by atoms with Crippen LogP contribution in [0.3, 0.4) is 0 Å². The highest BCUT2D eigenvalue weighted by Gasteiger charge is 2.48. The molecule has 3 amide bonds. The lowest BCUT2D eigenvalue weighted by molar-refractivity contribution is -0.120. The molecule has 8 nitrogen and oxygen atoms in total. The molecule has 0 radical (unpaired) electrons. The van der Waals surface area contributed by atoms with Crippen LogP contribution in [0.4, 0.5) is 15.0 Å². The van der Waals surface area contributed by atoms with Gasteiger partial charge in [-0.25, -0.2) is 9.18 Å². The monoisotopic (exact) mass is 440 g/mol. The van der Waals surface area contributed by atoms with Crippen molar-refractivity contribution < 1.29 is 14.0 Å². The first kappa shape index (κ1) is 20.1. The van der Waals surface area contributed by atoms with Gasteiger partial charge in [-0.2, -0.15) is 5.10 Å². The predicted molar refractivity (Wildman–Crippen MR) is 118 cm³/mol. The molecular weight excluding hydrogens is 411 g/mol. The molecule has 3 aliphatic heterocycles. The Morgan fingerprint density at radius 2 is 1.94 bits per heavy atom. The van der Waals surface area contributed by atoms with Gasteiger partial charge in [-0.05, 0) is 80.8 Å². The molecule has 0 atom stereocenters. The highest BCUT2D eigenvalue weighted by molar-refractivity contribution is 6.08. The van der Waals surface area contributed by atoms with Crippen molar-refractivity contribution in [3.05, 3.63) is 23.5 Å². The minimum absolute atomic E-state index is 0.195. The zero-order chi connectivity index (χ0) is 21.9. The molecule has 1 spiro atoms. The number of rotatable bonds is 3. The van der Waals surface area contributed by atoms with Crippen LogP contribution < -0.4 is 15.5 Å². The lowest BCUT2D eigenvalue weighted by atomic mass is 9.64. The van der Waals surface area contributed by atoms with E-state index >= 15 is 4.39 Å². The summed E-state index contributed by atoms with van der Waals surface area (Å²) in [5.41, 5.74) is 2.00. The topological polar surface area (TPSA) is 93.4 Å². The van der Waals surface area contributed by atoms with E-state index in [0.717, 1.165) is 43.6 Å². The van der Waals surface area contributed by atoms with Crippen LogP contribution in [0.5, 0.6) is 0 Å². The second kappa shape index (κ2) is 7.52. The number of hydrogen-bond donors (Lipinski definition) is 3. The van der Waals surface area contributed by atoms with Crippen molar-refractivity contribution in [2.24, 2.45) is 5.41 Å². The lowest BCUT2D eigenvalue weighted by Crippen LogP contribution is -2.53. The molecule has 1 saturated carbocycles. The number of aromatic amines is 1. The second-order valence-electron chi connectivity index (χ2n) is 10.0. The van der Waals surface area contributed by atoms with Crippen LogP contribution in [0.2, 0.25) is 0 Å². The third-order valence-corrected chi connectivity index (χ3v) is 8.12. The summed E-state index contributed by atoms with van der Waals surface area (Å²) in [6.45, 7) is 4.61. The summed E-state index contributed by atoms with van der Waals surface area (Å²) in [6.07, 6.45) is 6.05. The average Bonchev–Trinajstić information content (AvgIpc) is 3.40. The Morgan fingerprint density at radius 1 is 1.12 bits per heavy atom. The number of H-pyrrole nitrogens is 1. The van der Waals surface area contributed by atoms with E-state index < -0.39 is 6.03 Å². The molecule has 1 aromatic heterocycles. The maximum atomic E-state index is 15.2. The summed E-state index contributed by atoms with van der Waals surface area (Å²) in [7, 11) is 0. The zero-order valence-corrected chi connectivity index (χ0v) is 18.1. The minimum atomic E-state index is -0.516. The molecule has 4 fully saturated rings. The Balaban J connectivity index is 1.15. The van der Waals surface area contributed by atoms with Crippen LogP contribution >= 0.6 is 0 Å². The van der Waals surface area contributed by atoms with Crippen molar-refractivity contribution >= 4 is 28.7 Å². The van der Waals surface area contributed by atoms with Gasteiger partial charge in [0, 0.05) is 30.9 Å². The zero-order valence-electron chi connectivity index (χ0n) is 18.1. The number of imide groups is 1. The van der Waals surface area contributed by atoms with Gasteiger partial charge in [-0.1, -0.05) is 0 Å². The molecule has 170 valence electrons. The smallest absolute Gasteiger partial charge is 0.316 e. The average molecular weight is 441 g/mol. The molecule has 32 heavy (non-hydrogen) atoms. The standard InChI is InChI=1S/C23H29FN6O2/c24-18-9-17-19(27-28-21(17)30-8-3-20(31)26-22(30)32)10-16(18)14-1-6-29(7-2-14)15-11-23(12-15)4-5-25-13-23/h9-10,14-15,25H,1-8,11-13H2,(H,27,28)(H,26,31,32). The first-order chi connectivity index (χ1) is 15.5. The number of nitrogens with one attached hydrogen (secondary N) is 3. The quantitative estimate of drug-likeness (QED) is 0.682. The second-order valence-corrected chi connectivity index (χ2v) is 10.0. The number of carbonyl (C=O) groups excluding carboxylic acids is 2. The Hall–Kier alpha value is -2.52. The summed E-state index contributed by atoms with van der Waals surface area (Å²) >= 11 is 0. The van der Waals surface area contributed by atoms with Crippen molar-refractivity contribution in [2.45, 2.75) is 50.5 Å². The Bertz CT molecular complexity index is 1060. The van der Waals surface area contributed by atoms with Gasteiger partial charge in [-0.3, -0.25) is 20.1 Å². The number of piperidine rings is 1. The molecule has 1 aliphatic carbocycles. The van der Waals surface area contributed by atoms with E-state index in [1.54, 1.807) is 0 Å². The normalized spacial score (nSPS) is 29.7. The molecular formula is C23H29FN6O2. The highest BCUT2D eigenvalue weighted by atomic mass is 19.1. The van der Waals surface area contributed by atoms with Crippen molar-refractivity contribution in [2.75, 3.05) is 37.6 Å². The number of hydrogen-bond acceptors (Lipinski definition) is 5. The van der Waals surface area contributed by atoms with Gasteiger partial charge in [-0.15, -0.1) is 0 Å². The van der Waals surface area contributed by atoms with Gasteiger partial charge < -0.3 is 10.2 Å². The summed E-state index contributed by atoms with van der Waals surface area (Å²) < 4.78 is 15.2. The maximum absolute atomic E-state index is 15.2. The molecule has 3 N–H and O–H groups in total. The number of likely N-dealkylation sites (tertiary alicyclic amines) is 1. The fraction of sp³-hybridized carbons (Fsp3) is 0.609. The van der Waals surface area contributed by atoms with E-state index in [9.17, 15) is 9.59 Å². The number of carbonyl (C=O) groups is 2. The highest BCUT2D eigenvalue weighted by Crippen LogP contribution is 2.49. The van der Waals surface area contributed by atoms with E-state index in [4.69, 9.17) is 0 Å². The molecule has 0 unspecified atom stereocenters. The van der Waals surface area contributed by atoms with E-state index in [1.165, 1.54) is 36.8 Å². The third kappa shape index (κ3) is 3.29. The van der Waals surface area contributed by atoms with E-state index in [2.05, 4.69) is 25.7 Å². The fourth-order valence-electron chi connectivity index (χ4n) is 6.24. The Kier molecular flexibility index (Phi) is 4.73. The van der Waals surface area contributed by atoms with Crippen LogP contribution in [-0.4, -0.2) is 65.8 Å². The van der Waals surface area contributed by atoms with Crippen molar-refractivity contribution in [3.63, 3.8) is 0 Å². The van der Waals surface area contributed by atoms with E-state index in [0.29, 0.717) is 22.7 Å². The van der Waals surface area contributed by atoms with Gasteiger partial charge >= 0.3 is 6.03 Å². The molecule has 0 bridgehead atoms. The van der Waals surface area contributed by atoms with Crippen molar-refractivity contribution in [3.8, 4) is 0 Å². The molecule has 4 aliphatic rings. The minimum Gasteiger partial charge on any atom is -0.316 e. The van der Waals surface area contributed by atoms with Gasteiger partial charge in [0.05, 0.1) is 5.52 Å². The van der Waals surface area contributed by atoms with Gasteiger partial charge in [0.25, 0.3) is 0 Å². The third-order valence-electron chi connectivity index (χ3n) is 8.12. The molecule has 2 aromatic rings. The number of halogens is 1. The Labute approximate surface area is 185 Å². The van der Waals surface area contributed by atoms with Gasteiger partial charge in [0.1, 0.15) is 5.82 Å². The van der Waals surface area contributed by atoms with Gasteiger partial charge in [0.2, 0.25) is 5.91 Å². The number of aromatic nitrogens is 2. The van der Waals surface area contributed by atoms with Crippen LogP contribution in [0, 0.1) is 11.2 Å². The molecule has 1 aromatic carbocycles. The molecule has 4 heterocycles. The maximum Gasteiger partial charge on any atom is 0.329 e. The first-order valence-electron chi connectivity index (χ1n) is 11.7. The first-order valence-corrected chi connectivity index (χ1v) is 11.7. The number of benzene rings is 1. The fourth-order valence-corrected chi connectivity index (χ4v) is 6.24. The van der Waals surface area contributed by atoms with Crippen LogP contribution in [0.1, 0.15) is 50.0 Å². The SMILES string of the molecule is O=C1CCN(c2n[nH]c3cc(C4CCN(C5CC6(CCNC6)C5)CC4)c(F)cc23)C(=O)N1. The van der Waals surface area contributed by atoms with E-state index in [1.807, 2.05) is 6.07 Å². The molecule has 3 saturated heterocycles. The summed E-state index contributed by atoms with van der Waals surface area (Å²) in [5, 5.41) is 13.6. The number of urea groups is 1. The number of anilines is 1. The summed E-state index contributed by atoms with van der Waals surface area (Å²) in [5.74, 6) is 0.0145. The molecule has 9 heteroatoms. The van der Waals surface area contributed by atoms with Crippen LogP contribution in [0.15, 0.2) is 12.1 Å². The summed E-state index contributed by atoms with van der Waals surface area (Å²) in [6, 6.07) is 3.53. The van der Waals surface area contributed by atoms with Crippen molar-refractivity contribution in [1.82, 2.24) is 25.7 Å². The Morgan fingerprint density at radius 3 is 2.66 bits per heavy atom.